The van der Waals surface area contributed by atoms with Gasteiger partial charge in [-0.2, -0.15) is 18.3 Å². The van der Waals surface area contributed by atoms with Crippen LogP contribution in [0.2, 0.25) is 0 Å². The van der Waals surface area contributed by atoms with Gasteiger partial charge in [0.1, 0.15) is 12.2 Å². The zero-order valence-electron chi connectivity index (χ0n) is 11.2. The largest absolute Gasteiger partial charge is 0.406 e. The maximum Gasteiger partial charge on any atom is 0.406 e. The topological polar surface area (TPSA) is 64.2 Å². The van der Waals surface area contributed by atoms with Crippen LogP contribution in [0.5, 0.6) is 0 Å². The molecule has 0 atom stereocenters. The van der Waals surface area contributed by atoms with Crippen LogP contribution in [-0.2, 0) is 7.05 Å². The van der Waals surface area contributed by atoms with Crippen molar-refractivity contribution in [2.75, 3.05) is 12.3 Å². The van der Waals surface area contributed by atoms with Crippen molar-refractivity contribution in [3.63, 3.8) is 0 Å². The molecule has 0 aliphatic heterocycles. The fourth-order valence-corrected chi connectivity index (χ4v) is 1.75. The molecule has 108 valence electrons. The highest BCUT2D eigenvalue weighted by Gasteiger charge is 2.36. The number of nitrogens with zero attached hydrogens (tertiary/aromatic N) is 3. The summed E-state index contributed by atoms with van der Waals surface area (Å²) in [6.07, 6.45) is -4.46. The number of alkyl halides is 3. The zero-order chi connectivity index (χ0) is 15.0. The fourth-order valence-electron chi connectivity index (χ4n) is 1.75. The van der Waals surface area contributed by atoms with E-state index < -0.39 is 24.7 Å². The van der Waals surface area contributed by atoms with E-state index in [-0.39, 0.29) is 11.4 Å². The minimum absolute atomic E-state index is 0.0181. The first kappa shape index (κ1) is 15.3. The third-order valence-corrected chi connectivity index (χ3v) is 2.70. The maximum atomic E-state index is 12.5. The summed E-state index contributed by atoms with van der Waals surface area (Å²) >= 11 is 0. The summed E-state index contributed by atoms with van der Waals surface area (Å²) in [6, 6.07) is -0.594. The average molecular weight is 278 g/mol. The Balaban J connectivity index is 3.13. The Bertz CT molecular complexity index is 479. The Labute approximate surface area is 109 Å². The van der Waals surface area contributed by atoms with E-state index in [0.29, 0.717) is 5.69 Å². The highest BCUT2D eigenvalue weighted by molar-refractivity contribution is 5.98. The number of halogens is 3. The molecule has 0 aliphatic carbocycles. The molecule has 0 spiro atoms. The van der Waals surface area contributed by atoms with Gasteiger partial charge in [0.15, 0.2) is 0 Å². The third-order valence-electron chi connectivity index (χ3n) is 2.70. The number of hydrogen-bond donors (Lipinski definition) is 1. The molecule has 1 amide bonds. The number of nitrogens with two attached hydrogens (primary N) is 1. The minimum atomic E-state index is -4.46. The molecule has 19 heavy (non-hydrogen) atoms. The molecule has 1 aromatic rings. The molecular weight excluding hydrogens is 261 g/mol. The highest BCUT2D eigenvalue weighted by Crippen LogP contribution is 2.23. The van der Waals surface area contributed by atoms with Crippen molar-refractivity contribution in [3.05, 3.63) is 11.4 Å². The van der Waals surface area contributed by atoms with Gasteiger partial charge in [0, 0.05) is 13.1 Å². The Morgan fingerprint density at radius 3 is 2.32 bits per heavy atom. The second kappa shape index (κ2) is 5.10. The van der Waals surface area contributed by atoms with Gasteiger partial charge in [0.2, 0.25) is 0 Å². The number of hydrogen-bond acceptors (Lipinski definition) is 3. The molecule has 0 saturated carbocycles. The molecule has 0 fully saturated rings. The van der Waals surface area contributed by atoms with E-state index in [9.17, 15) is 18.0 Å². The predicted molar refractivity (Wildman–Crippen MR) is 64.6 cm³/mol. The second-order valence-electron chi connectivity index (χ2n) is 4.61. The molecule has 8 heteroatoms. The number of rotatable bonds is 3. The lowest BCUT2D eigenvalue weighted by atomic mass is 10.2. The Hall–Kier alpha value is -1.73. The normalized spacial score (nSPS) is 12.0. The SMILES string of the molecule is Cc1nn(C)c(C(=O)N(CC(F)(F)F)C(C)C)c1N. The van der Waals surface area contributed by atoms with Gasteiger partial charge in [-0.1, -0.05) is 0 Å². The molecule has 0 radical (unpaired) electrons. The van der Waals surface area contributed by atoms with E-state index in [2.05, 4.69) is 5.10 Å². The molecule has 0 bridgehead atoms. The lowest BCUT2D eigenvalue weighted by molar-refractivity contribution is -0.143. The van der Waals surface area contributed by atoms with E-state index in [4.69, 9.17) is 5.73 Å². The van der Waals surface area contributed by atoms with Crippen molar-refractivity contribution in [2.45, 2.75) is 33.0 Å². The van der Waals surface area contributed by atoms with Gasteiger partial charge in [0.25, 0.3) is 5.91 Å². The second-order valence-corrected chi connectivity index (χ2v) is 4.61. The van der Waals surface area contributed by atoms with E-state index in [0.717, 1.165) is 4.90 Å². The number of anilines is 1. The standard InChI is InChI=1S/C11H17F3N4O/c1-6(2)18(5-11(12,13)14)10(19)9-8(15)7(3)16-17(9)4/h6H,5,15H2,1-4H3. The van der Waals surface area contributed by atoms with Crippen molar-refractivity contribution >= 4 is 11.6 Å². The molecule has 1 aromatic heterocycles. The van der Waals surface area contributed by atoms with Crippen LogP contribution in [0.1, 0.15) is 30.0 Å². The highest BCUT2D eigenvalue weighted by atomic mass is 19.4. The smallest absolute Gasteiger partial charge is 0.395 e. The molecule has 5 nitrogen and oxygen atoms in total. The van der Waals surface area contributed by atoms with E-state index in [1.54, 1.807) is 6.92 Å². The van der Waals surface area contributed by atoms with Crippen molar-refractivity contribution in [1.29, 1.82) is 0 Å². The van der Waals surface area contributed by atoms with Gasteiger partial charge < -0.3 is 10.6 Å². The quantitative estimate of drug-likeness (QED) is 0.915. The zero-order valence-corrected chi connectivity index (χ0v) is 11.2. The first-order chi connectivity index (χ1) is 8.54. The Morgan fingerprint density at radius 2 is 2.00 bits per heavy atom. The van der Waals surface area contributed by atoms with Crippen molar-refractivity contribution in [2.24, 2.45) is 7.05 Å². The van der Waals surface area contributed by atoms with Gasteiger partial charge in [-0.25, -0.2) is 0 Å². The number of carbonyl (C=O) groups is 1. The molecule has 1 heterocycles. The van der Waals surface area contributed by atoms with E-state index in [1.807, 2.05) is 0 Å². The Kier molecular flexibility index (Phi) is 4.12. The summed E-state index contributed by atoms with van der Waals surface area (Å²) < 4.78 is 38.7. The van der Waals surface area contributed by atoms with Crippen LogP contribution >= 0.6 is 0 Å². The number of nitrogen functional groups attached to an aromatic ring is 1. The van der Waals surface area contributed by atoms with Crippen molar-refractivity contribution < 1.29 is 18.0 Å². The third kappa shape index (κ3) is 3.39. The first-order valence-corrected chi connectivity index (χ1v) is 5.71. The van der Waals surface area contributed by atoms with E-state index >= 15 is 0 Å². The van der Waals surface area contributed by atoms with Crippen LogP contribution in [0.15, 0.2) is 0 Å². The molecule has 0 aromatic carbocycles. The van der Waals surface area contributed by atoms with Crippen LogP contribution in [0.3, 0.4) is 0 Å². The van der Waals surface area contributed by atoms with Crippen molar-refractivity contribution in [3.8, 4) is 0 Å². The Morgan fingerprint density at radius 1 is 1.47 bits per heavy atom. The monoisotopic (exact) mass is 278 g/mol. The number of amides is 1. The van der Waals surface area contributed by atoms with Crippen LogP contribution in [0.25, 0.3) is 0 Å². The van der Waals surface area contributed by atoms with Gasteiger partial charge in [-0.15, -0.1) is 0 Å². The number of aromatic nitrogens is 2. The lowest BCUT2D eigenvalue weighted by Crippen LogP contribution is -2.44. The number of carbonyl (C=O) groups excluding carboxylic acids is 1. The molecular formula is C11H17F3N4O. The molecule has 2 N–H and O–H groups in total. The van der Waals surface area contributed by atoms with Crippen molar-refractivity contribution in [1.82, 2.24) is 14.7 Å². The summed E-state index contributed by atoms with van der Waals surface area (Å²) in [4.78, 5) is 12.9. The summed E-state index contributed by atoms with van der Waals surface area (Å²) in [5.41, 5.74) is 6.21. The summed E-state index contributed by atoms with van der Waals surface area (Å²) in [5, 5.41) is 3.93. The molecule has 0 saturated heterocycles. The fraction of sp³-hybridized carbons (Fsp3) is 0.636. The minimum Gasteiger partial charge on any atom is -0.395 e. The van der Waals surface area contributed by atoms with Crippen LogP contribution in [0, 0.1) is 6.92 Å². The predicted octanol–water partition coefficient (Wildman–Crippen LogP) is 1.72. The lowest BCUT2D eigenvalue weighted by Gasteiger charge is -2.27. The van der Waals surface area contributed by atoms with E-state index in [1.165, 1.54) is 25.6 Å². The summed E-state index contributed by atoms with van der Waals surface area (Å²) in [7, 11) is 1.47. The van der Waals surface area contributed by atoms with Gasteiger partial charge in [0.05, 0.1) is 11.4 Å². The molecule has 0 aliphatic rings. The van der Waals surface area contributed by atoms with Crippen LogP contribution in [-0.4, -0.2) is 39.4 Å². The summed E-state index contributed by atoms with van der Waals surface area (Å²) in [5.74, 6) is -0.770. The number of aryl methyl sites for hydroxylation is 2. The maximum absolute atomic E-state index is 12.5. The first-order valence-electron chi connectivity index (χ1n) is 5.71. The van der Waals surface area contributed by atoms with Gasteiger partial charge in [-0.05, 0) is 20.8 Å². The summed E-state index contributed by atoms with van der Waals surface area (Å²) in [6.45, 7) is 3.31. The van der Waals surface area contributed by atoms with Gasteiger partial charge >= 0.3 is 6.18 Å². The molecule has 0 unspecified atom stereocenters. The van der Waals surface area contributed by atoms with Crippen LogP contribution < -0.4 is 5.73 Å². The van der Waals surface area contributed by atoms with Crippen LogP contribution in [0.4, 0.5) is 18.9 Å². The van der Waals surface area contributed by atoms with Gasteiger partial charge in [-0.3, -0.25) is 9.48 Å². The molecule has 1 rings (SSSR count). The average Bonchev–Trinajstić information content (AvgIpc) is 2.47.